The number of nitrogen functional groups attached to an aromatic ring is 1. The number of oxime groups is 1. The number of β-lactam (4-membered cyclic amide) rings is 1. The number of carbonyl (C=O) groups excluding carboxylic acids is 2. The molecule has 0 saturated carbocycles. The number of carbonyl (C=O) groups is 4. The Bertz CT molecular complexity index is 2020. The van der Waals surface area contributed by atoms with E-state index in [4.69, 9.17) is 35.5 Å². The van der Waals surface area contributed by atoms with E-state index in [0.717, 1.165) is 23.3 Å². The number of alkyl halides is 3. The lowest BCUT2D eigenvalue weighted by Gasteiger charge is -2.50. The van der Waals surface area contributed by atoms with Crippen LogP contribution in [-0.2, 0) is 52.3 Å². The molecule has 54 heavy (non-hydrogen) atoms. The second-order valence-electron chi connectivity index (χ2n) is 11.8. The standard InChI is InChI=1S/C27H32FN7O10S2.C2HF3O2/c1-27(2)17(24(37)35(27)45-47(40,41)42)10-20(36)23(19-14-46-26(30)31-19)32-44-22(25(38)39)13-43-21-6-5-15(9-18(21)28)16-11-33(3)34(12-16)8-4-7-29;3-2(4,5)1(6)7/h5-6,9,11-12,14,17,22H,4,7-8,10,13,29H2,1-3H3,(H3-,30,31,38,39,40,41,42);(H,6,7)/p+1/b32-23-;/t17-,22+;/m1./s1. The first kappa shape index (κ1) is 43.2. The van der Waals surface area contributed by atoms with Crippen LogP contribution in [0.1, 0.15) is 32.4 Å². The van der Waals surface area contributed by atoms with E-state index >= 15 is 0 Å². The Balaban J connectivity index is 0.00000102. The van der Waals surface area contributed by atoms with Crippen molar-refractivity contribution >= 4 is 56.2 Å². The molecule has 296 valence electrons. The van der Waals surface area contributed by atoms with Gasteiger partial charge < -0.3 is 31.3 Å². The van der Waals surface area contributed by atoms with Gasteiger partial charge in [0.05, 0.1) is 29.8 Å². The number of carboxylic acids is 2. The third-order valence-corrected chi connectivity index (χ3v) is 8.53. The SMILES string of the molecule is C[n+]1cc(-c2ccc(OC[C@H](O/N=C(\C(=O)C[C@@H]3C(=O)N(OS(=O)(=O)O)C3(C)C)c3csc(N)n3)C(=O)O)c(F)c2)cn1CCCN.O=C(O)C(F)(F)F. The lowest BCUT2D eigenvalue weighted by molar-refractivity contribution is -0.753. The van der Waals surface area contributed by atoms with Crippen molar-refractivity contribution in [2.45, 2.75) is 51.1 Å². The highest BCUT2D eigenvalue weighted by molar-refractivity contribution is 7.80. The zero-order chi connectivity index (χ0) is 40.8. The van der Waals surface area contributed by atoms with E-state index in [-0.39, 0.29) is 16.6 Å². The molecule has 25 heteroatoms. The predicted octanol–water partition coefficient (Wildman–Crippen LogP) is 1.32. The van der Waals surface area contributed by atoms with Crippen LogP contribution in [0.25, 0.3) is 11.1 Å². The van der Waals surface area contributed by atoms with Crippen molar-refractivity contribution in [2.75, 3.05) is 18.9 Å². The lowest BCUT2D eigenvalue weighted by Crippen LogP contribution is -2.68. The molecule has 1 aromatic carbocycles. The van der Waals surface area contributed by atoms with Crippen molar-refractivity contribution < 1.29 is 78.5 Å². The number of hydrogen-bond acceptors (Lipinski definition) is 14. The highest BCUT2D eigenvalue weighted by Gasteiger charge is 2.57. The molecule has 4 rings (SSSR count). The zero-order valence-electron chi connectivity index (χ0n) is 28.4. The van der Waals surface area contributed by atoms with Gasteiger partial charge in [-0.15, -0.1) is 20.3 Å². The third-order valence-electron chi connectivity index (χ3n) is 7.52. The molecule has 3 aromatic rings. The Hall–Kier alpha value is -5.24. The maximum absolute atomic E-state index is 15.0. The van der Waals surface area contributed by atoms with E-state index in [2.05, 4.69) is 14.4 Å². The summed E-state index contributed by atoms with van der Waals surface area (Å²) in [4.78, 5) is 55.8. The number of aliphatic carboxylic acids is 2. The van der Waals surface area contributed by atoms with Crippen LogP contribution in [0.4, 0.5) is 22.7 Å². The van der Waals surface area contributed by atoms with E-state index in [1.54, 1.807) is 6.07 Å². The van der Waals surface area contributed by atoms with Gasteiger partial charge in [0.25, 0.3) is 12.0 Å². The second kappa shape index (κ2) is 17.3. The number of Topliss-reactive ketones (excluding diaryl/α,β-unsaturated/α-hetero) is 1. The zero-order valence-corrected chi connectivity index (χ0v) is 30.0. The summed E-state index contributed by atoms with van der Waals surface area (Å²) in [5.41, 5.74) is 10.7. The molecule has 1 fully saturated rings. The number of benzene rings is 1. The maximum Gasteiger partial charge on any atom is 0.490 e. The first-order chi connectivity index (χ1) is 25.0. The van der Waals surface area contributed by atoms with Gasteiger partial charge in [-0.05, 0) is 44.5 Å². The number of ether oxygens (including phenoxy) is 1. The minimum absolute atomic E-state index is 0.0474. The van der Waals surface area contributed by atoms with Gasteiger partial charge in [-0.1, -0.05) is 11.2 Å². The summed E-state index contributed by atoms with van der Waals surface area (Å²) >= 11 is 0.948. The molecule has 1 amide bonds. The molecule has 1 aliphatic heterocycles. The summed E-state index contributed by atoms with van der Waals surface area (Å²) in [5, 5.41) is 22.4. The van der Waals surface area contributed by atoms with E-state index in [1.807, 2.05) is 28.8 Å². The smallest absolute Gasteiger partial charge is 0.486 e. The number of rotatable bonds is 16. The average molecular weight is 813 g/mol. The van der Waals surface area contributed by atoms with Gasteiger partial charge in [0.1, 0.15) is 12.3 Å². The summed E-state index contributed by atoms with van der Waals surface area (Å²) in [6.45, 7) is 3.29. The van der Waals surface area contributed by atoms with E-state index in [0.29, 0.717) is 23.7 Å². The molecule has 1 aliphatic rings. The molecule has 0 aliphatic carbocycles. The molecular formula is C29H34F4N7O12S2+. The molecule has 0 radical (unpaired) electrons. The van der Waals surface area contributed by atoms with Crippen molar-refractivity contribution in [3.63, 3.8) is 0 Å². The summed E-state index contributed by atoms with van der Waals surface area (Å²) < 4.78 is 91.4. The number of thiazole rings is 1. The van der Waals surface area contributed by atoms with Crippen LogP contribution in [0.2, 0.25) is 0 Å². The van der Waals surface area contributed by atoms with Gasteiger partial charge >= 0.3 is 28.5 Å². The van der Waals surface area contributed by atoms with Gasteiger partial charge in [-0.2, -0.15) is 31.3 Å². The predicted molar refractivity (Wildman–Crippen MR) is 176 cm³/mol. The number of anilines is 1. The Kier molecular flexibility index (Phi) is 13.8. The number of amides is 1. The number of carboxylic acid groups (broad SMARTS) is 2. The van der Waals surface area contributed by atoms with Crippen LogP contribution in [0, 0.1) is 11.7 Å². The topological polar surface area (TPSA) is 280 Å². The fourth-order valence-corrected chi connectivity index (χ4v) is 5.70. The van der Waals surface area contributed by atoms with Crippen molar-refractivity contribution in [3.8, 4) is 16.9 Å². The minimum Gasteiger partial charge on any atom is -0.486 e. The van der Waals surface area contributed by atoms with Crippen LogP contribution >= 0.6 is 11.3 Å². The van der Waals surface area contributed by atoms with E-state index in [1.165, 1.54) is 31.4 Å². The molecule has 3 heterocycles. The Morgan fingerprint density at radius 3 is 2.35 bits per heavy atom. The quantitative estimate of drug-likeness (QED) is 0.0341. The first-order valence-corrected chi connectivity index (χ1v) is 17.4. The molecule has 2 atom stereocenters. The highest BCUT2D eigenvalue weighted by Crippen LogP contribution is 2.40. The molecule has 0 unspecified atom stereocenters. The summed E-state index contributed by atoms with van der Waals surface area (Å²) in [6.07, 6.45) is -3.02. The molecular weight excluding hydrogens is 778 g/mol. The van der Waals surface area contributed by atoms with Gasteiger partial charge in [0.2, 0.25) is 6.20 Å². The fourth-order valence-electron chi connectivity index (χ4n) is 4.70. The van der Waals surface area contributed by atoms with Crippen LogP contribution in [0.15, 0.2) is 41.1 Å². The summed E-state index contributed by atoms with van der Waals surface area (Å²) in [5.74, 6) is -8.18. The first-order valence-electron chi connectivity index (χ1n) is 15.2. The van der Waals surface area contributed by atoms with Crippen molar-refractivity contribution in [2.24, 2.45) is 23.9 Å². The number of halogens is 4. The molecule has 0 spiro atoms. The molecule has 1 saturated heterocycles. The minimum atomic E-state index is -5.08. The largest absolute Gasteiger partial charge is 0.490 e. The Morgan fingerprint density at radius 1 is 1.20 bits per heavy atom. The number of nitrogens with zero attached hydrogens (tertiary/aromatic N) is 5. The fraction of sp³-hybridized carbons (Fsp3) is 0.414. The Labute approximate surface area is 307 Å². The monoisotopic (exact) mass is 812 g/mol. The number of aryl methyl sites for hydroxylation is 2. The average Bonchev–Trinajstić information content (AvgIpc) is 3.67. The van der Waals surface area contributed by atoms with Crippen LogP contribution in [0.3, 0.4) is 0 Å². The number of nitrogens with two attached hydrogens (primary N) is 2. The maximum atomic E-state index is 15.0. The Morgan fingerprint density at radius 2 is 1.85 bits per heavy atom. The lowest BCUT2D eigenvalue weighted by atomic mass is 9.74. The summed E-state index contributed by atoms with van der Waals surface area (Å²) in [7, 11) is -3.17. The number of ketones is 1. The number of hydroxylamine groups is 2. The van der Waals surface area contributed by atoms with Crippen LogP contribution < -0.4 is 20.9 Å². The molecule has 2 aromatic heterocycles. The number of aromatic nitrogens is 3. The van der Waals surface area contributed by atoms with Crippen LogP contribution in [-0.4, -0.2) is 98.2 Å². The van der Waals surface area contributed by atoms with Gasteiger partial charge in [-0.25, -0.2) is 19.0 Å². The molecule has 19 nitrogen and oxygen atoms in total. The van der Waals surface area contributed by atoms with Gasteiger partial charge in [0.15, 0.2) is 35.2 Å². The van der Waals surface area contributed by atoms with E-state index < -0.39 is 82.3 Å². The van der Waals surface area contributed by atoms with E-state index in [9.17, 15) is 45.5 Å². The van der Waals surface area contributed by atoms with Crippen LogP contribution in [0.5, 0.6) is 5.75 Å². The summed E-state index contributed by atoms with van der Waals surface area (Å²) in [6, 6.07) is 4.18. The van der Waals surface area contributed by atoms with Gasteiger partial charge in [0, 0.05) is 11.8 Å². The third kappa shape index (κ3) is 11.1. The van der Waals surface area contributed by atoms with Gasteiger partial charge in [-0.3, -0.25) is 14.1 Å². The normalized spacial score (nSPS) is 16.2. The second-order valence-corrected chi connectivity index (χ2v) is 13.7. The molecule has 7 N–H and O–H groups in total. The molecule has 0 bridgehead atoms. The highest BCUT2D eigenvalue weighted by atomic mass is 32.3. The van der Waals surface area contributed by atoms with Crippen molar-refractivity contribution in [1.82, 2.24) is 14.7 Å². The van der Waals surface area contributed by atoms with Crippen molar-refractivity contribution in [1.29, 1.82) is 0 Å². The number of hydrogen-bond donors (Lipinski definition) is 5. The van der Waals surface area contributed by atoms with Crippen molar-refractivity contribution in [3.05, 3.63) is 47.5 Å².